The van der Waals surface area contributed by atoms with Crippen molar-refractivity contribution in [3.05, 3.63) is 24.3 Å². The number of imidazole rings is 1. The molecule has 2 aromatic rings. The highest BCUT2D eigenvalue weighted by molar-refractivity contribution is 6.19. The second kappa shape index (κ2) is 3.30. The zero-order chi connectivity index (χ0) is 11.1. The summed E-state index contributed by atoms with van der Waals surface area (Å²) in [5.74, 6) is 0. The minimum Gasteiger partial charge on any atom is -0.371 e. The SMILES string of the molecule is FC(F)(F)Oc1nc2ccccc2n1Cl. The van der Waals surface area contributed by atoms with E-state index < -0.39 is 12.4 Å². The van der Waals surface area contributed by atoms with Crippen molar-refractivity contribution in [1.82, 2.24) is 9.07 Å². The summed E-state index contributed by atoms with van der Waals surface area (Å²) in [5.41, 5.74) is 0.699. The number of halogens is 4. The van der Waals surface area contributed by atoms with Gasteiger partial charge in [0.15, 0.2) is 0 Å². The van der Waals surface area contributed by atoms with Gasteiger partial charge in [-0.05, 0) is 12.1 Å². The summed E-state index contributed by atoms with van der Waals surface area (Å²) >= 11 is 5.59. The minimum atomic E-state index is -4.80. The normalized spacial score (nSPS) is 12.0. The Bertz CT molecular complexity index is 494. The molecule has 1 aromatic carbocycles. The Morgan fingerprint density at radius 3 is 2.53 bits per heavy atom. The lowest BCUT2D eigenvalue weighted by atomic mass is 10.3. The third-order valence-electron chi connectivity index (χ3n) is 1.68. The summed E-state index contributed by atoms with van der Waals surface area (Å²) < 4.78 is 40.1. The van der Waals surface area contributed by atoms with Crippen LogP contribution in [-0.2, 0) is 0 Å². The summed E-state index contributed by atoms with van der Waals surface area (Å²) in [6.07, 6.45) is -4.80. The lowest BCUT2D eigenvalue weighted by Crippen LogP contribution is -2.18. The Hall–Kier alpha value is -1.43. The highest BCUT2D eigenvalue weighted by Gasteiger charge is 2.33. The first-order valence-corrected chi connectivity index (χ1v) is 4.20. The molecule has 0 aliphatic carbocycles. The van der Waals surface area contributed by atoms with Crippen molar-refractivity contribution >= 4 is 22.8 Å². The number of alkyl halides is 3. The molecule has 0 radical (unpaired) electrons. The number of ether oxygens (including phenoxy) is 1. The van der Waals surface area contributed by atoms with E-state index in [1.807, 2.05) is 0 Å². The number of aromatic nitrogens is 2. The van der Waals surface area contributed by atoms with Gasteiger partial charge in [-0.3, -0.25) is 0 Å². The van der Waals surface area contributed by atoms with E-state index in [-0.39, 0.29) is 0 Å². The quantitative estimate of drug-likeness (QED) is 0.761. The molecule has 0 aliphatic heterocycles. The molecule has 0 saturated heterocycles. The molecule has 0 N–H and O–H groups in total. The van der Waals surface area contributed by atoms with Gasteiger partial charge in [0.05, 0.1) is 11.0 Å². The van der Waals surface area contributed by atoms with Gasteiger partial charge in [0.25, 0.3) is 0 Å². The summed E-state index contributed by atoms with van der Waals surface area (Å²) in [7, 11) is 0. The highest BCUT2D eigenvalue weighted by atomic mass is 35.5. The molecule has 0 amide bonds. The number of rotatable bonds is 1. The van der Waals surface area contributed by atoms with Gasteiger partial charge >= 0.3 is 12.4 Å². The van der Waals surface area contributed by atoms with E-state index in [4.69, 9.17) is 11.8 Å². The maximum atomic E-state index is 11.9. The van der Waals surface area contributed by atoms with Gasteiger partial charge in [-0.1, -0.05) is 12.1 Å². The van der Waals surface area contributed by atoms with E-state index in [9.17, 15) is 13.2 Å². The fraction of sp³-hybridized carbons (Fsp3) is 0.125. The van der Waals surface area contributed by atoms with Crippen LogP contribution in [0.25, 0.3) is 11.0 Å². The van der Waals surface area contributed by atoms with Crippen molar-refractivity contribution in [2.45, 2.75) is 6.36 Å². The van der Waals surface area contributed by atoms with Crippen molar-refractivity contribution in [2.24, 2.45) is 0 Å². The number of fused-ring (bicyclic) bond motifs is 1. The molecule has 7 heteroatoms. The first-order chi connectivity index (χ1) is 6.97. The van der Waals surface area contributed by atoms with Crippen molar-refractivity contribution in [1.29, 1.82) is 0 Å². The van der Waals surface area contributed by atoms with Crippen LogP contribution in [0.5, 0.6) is 6.01 Å². The van der Waals surface area contributed by atoms with Crippen LogP contribution >= 0.6 is 11.8 Å². The fourth-order valence-electron chi connectivity index (χ4n) is 1.14. The summed E-state index contributed by atoms with van der Waals surface area (Å²) in [4.78, 5) is 3.59. The average Bonchev–Trinajstić information content (AvgIpc) is 2.42. The van der Waals surface area contributed by atoms with Crippen LogP contribution < -0.4 is 4.74 Å². The Labute approximate surface area is 87.1 Å². The lowest BCUT2D eigenvalue weighted by molar-refractivity contribution is -0.277. The van der Waals surface area contributed by atoms with E-state index >= 15 is 0 Å². The van der Waals surface area contributed by atoms with E-state index in [2.05, 4.69) is 9.72 Å². The van der Waals surface area contributed by atoms with Crippen molar-refractivity contribution < 1.29 is 17.9 Å². The highest BCUT2D eigenvalue weighted by Crippen LogP contribution is 2.27. The maximum Gasteiger partial charge on any atom is 0.575 e. The molecule has 1 heterocycles. The van der Waals surface area contributed by atoms with Gasteiger partial charge in [0.1, 0.15) is 0 Å². The molecule has 80 valence electrons. The van der Waals surface area contributed by atoms with Crippen molar-refractivity contribution in [3.63, 3.8) is 0 Å². The zero-order valence-electron chi connectivity index (χ0n) is 7.12. The van der Waals surface area contributed by atoms with Crippen LogP contribution in [0.3, 0.4) is 0 Å². The van der Waals surface area contributed by atoms with E-state index in [0.29, 0.717) is 11.0 Å². The Morgan fingerprint density at radius 1 is 1.27 bits per heavy atom. The number of nitrogens with zero attached hydrogens (tertiary/aromatic N) is 2. The zero-order valence-corrected chi connectivity index (χ0v) is 7.88. The lowest BCUT2D eigenvalue weighted by Gasteiger charge is -2.05. The van der Waals surface area contributed by atoms with E-state index in [0.717, 1.165) is 4.09 Å². The standard InChI is InChI=1S/C8H4ClF3N2O/c9-14-6-4-2-1-3-5(6)13-7(14)15-8(10,11)12/h1-4H. The predicted molar refractivity (Wildman–Crippen MR) is 47.7 cm³/mol. The van der Waals surface area contributed by atoms with Gasteiger partial charge in [0.2, 0.25) is 0 Å². The minimum absolute atomic E-state index is 0.340. The van der Waals surface area contributed by atoms with Crippen molar-refractivity contribution in [3.8, 4) is 6.01 Å². The van der Waals surface area contributed by atoms with E-state index in [1.165, 1.54) is 6.07 Å². The smallest absolute Gasteiger partial charge is 0.371 e. The maximum absolute atomic E-state index is 11.9. The van der Waals surface area contributed by atoms with E-state index in [1.54, 1.807) is 18.2 Å². The van der Waals surface area contributed by atoms with Gasteiger partial charge in [0, 0.05) is 11.8 Å². The number of benzene rings is 1. The van der Waals surface area contributed by atoms with Crippen LogP contribution in [0, 0.1) is 0 Å². The fourth-order valence-corrected chi connectivity index (χ4v) is 1.36. The molecule has 1 aromatic heterocycles. The van der Waals surface area contributed by atoms with Crippen LogP contribution in [0.15, 0.2) is 24.3 Å². The molecule has 0 unspecified atom stereocenters. The Kier molecular flexibility index (Phi) is 2.22. The second-order valence-electron chi connectivity index (χ2n) is 2.71. The number of para-hydroxylation sites is 2. The average molecular weight is 237 g/mol. The Balaban J connectivity index is 2.49. The summed E-state index contributed by atoms with van der Waals surface area (Å²) in [6.45, 7) is 0. The molecule has 3 nitrogen and oxygen atoms in total. The van der Waals surface area contributed by atoms with Crippen LogP contribution in [-0.4, -0.2) is 15.4 Å². The Morgan fingerprint density at radius 2 is 1.93 bits per heavy atom. The molecular weight excluding hydrogens is 233 g/mol. The summed E-state index contributed by atoms with van der Waals surface area (Å²) in [6, 6.07) is 5.67. The first-order valence-electron chi connectivity index (χ1n) is 3.87. The third-order valence-corrected chi connectivity index (χ3v) is 2.01. The topological polar surface area (TPSA) is 27.1 Å². The van der Waals surface area contributed by atoms with Crippen LogP contribution in [0.2, 0.25) is 0 Å². The third kappa shape index (κ3) is 1.99. The second-order valence-corrected chi connectivity index (χ2v) is 3.05. The largest absolute Gasteiger partial charge is 0.575 e. The molecule has 0 bridgehead atoms. The summed E-state index contributed by atoms with van der Waals surface area (Å²) in [5, 5.41) is 0. The molecule has 0 aliphatic rings. The number of hydrogen-bond acceptors (Lipinski definition) is 2. The van der Waals surface area contributed by atoms with Gasteiger partial charge in [-0.15, -0.1) is 13.2 Å². The van der Waals surface area contributed by atoms with Gasteiger partial charge in [-0.2, -0.15) is 4.98 Å². The molecule has 0 atom stereocenters. The molecule has 15 heavy (non-hydrogen) atoms. The van der Waals surface area contributed by atoms with Crippen LogP contribution in [0.1, 0.15) is 0 Å². The van der Waals surface area contributed by atoms with Gasteiger partial charge in [-0.25, -0.2) is 4.09 Å². The molecule has 0 fully saturated rings. The number of hydrogen-bond donors (Lipinski definition) is 0. The predicted octanol–water partition coefficient (Wildman–Crippen LogP) is 2.94. The molecule has 0 saturated carbocycles. The van der Waals surface area contributed by atoms with Crippen molar-refractivity contribution in [2.75, 3.05) is 0 Å². The molecule has 0 spiro atoms. The first kappa shape index (κ1) is 10.1. The van der Waals surface area contributed by atoms with Gasteiger partial charge < -0.3 is 4.74 Å². The molecule has 2 rings (SSSR count). The monoisotopic (exact) mass is 236 g/mol. The van der Waals surface area contributed by atoms with Crippen LogP contribution in [0.4, 0.5) is 13.2 Å². The molecular formula is C8H4ClF3N2O.